The van der Waals surface area contributed by atoms with Crippen LogP contribution in [0.15, 0.2) is 0 Å². The van der Waals surface area contributed by atoms with Crippen molar-refractivity contribution < 1.29 is 19.4 Å². The lowest BCUT2D eigenvalue weighted by molar-refractivity contribution is -0.141. The summed E-state index contributed by atoms with van der Waals surface area (Å²) in [6.45, 7) is 6.69. The fourth-order valence-electron chi connectivity index (χ4n) is 1.09. The van der Waals surface area contributed by atoms with Crippen molar-refractivity contribution in [1.82, 2.24) is 10.2 Å². The van der Waals surface area contributed by atoms with Crippen molar-refractivity contribution in [3.05, 3.63) is 0 Å². The Morgan fingerprint density at radius 1 is 1.41 bits per heavy atom. The van der Waals surface area contributed by atoms with E-state index in [-0.39, 0.29) is 6.03 Å². The first-order chi connectivity index (χ1) is 7.90. The molecule has 0 aromatic rings. The fourth-order valence-corrected chi connectivity index (χ4v) is 1.09. The van der Waals surface area contributed by atoms with E-state index >= 15 is 0 Å². The van der Waals surface area contributed by atoms with E-state index < -0.39 is 17.9 Å². The number of nitrogens with one attached hydrogen (secondary N) is 1. The van der Waals surface area contributed by atoms with Gasteiger partial charge in [-0.3, -0.25) is 4.79 Å². The van der Waals surface area contributed by atoms with E-state index in [1.54, 1.807) is 20.9 Å². The molecule has 2 unspecified atom stereocenters. The SMILES string of the molecule is CCOCCN(C)C(=O)NC(C)C(C)C(=O)O. The van der Waals surface area contributed by atoms with Crippen molar-refractivity contribution >= 4 is 12.0 Å². The van der Waals surface area contributed by atoms with Gasteiger partial charge in [-0.15, -0.1) is 0 Å². The van der Waals surface area contributed by atoms with Crippen molar-refractivity contribution in [3.63, 3.8) is 0 Å². The molecule has 0 saturated heterocycles. The molecule has 17 heavy (non-hydrogen) atoms. The average Bonchev–Trinajstić information content (AvgIpc) is 2.27. The molecule has 0 aromatic heterocycles. The zero-order valence-electron chi connectivity index (χ0n) is 10.9. The quantitative estimate of drug-likeness (QED) is 0.650. The summed E-state index contributed by atoms with van der Waals surface area (Å²) in [5.41, 5.74) is 0. The van der Waals surface area contributed by atoms with E-state index in [9.17, 15) is 9.59 Å². The summed E-state index contributed by atoms with van der Waals surface area (Å²) in [6.07, 6.45) is 0. The van der Waals surface area contributed by atoms with E-state index in [0.717, 1.165) is 0 Å². The molecule has 6 heteroatoms. The highest BCUT2D eigenvalue weighted by Gasteiger charge is 2.22. The smallest absolute Gasteiger partial charge is 0.317 e. The van der Waals surface area contributed by atoms with Crippen LogP contribution in [0.1, 0.15) is 20.8 Å². The van der Waals surface area contributed by atoms with Crippen LogP contribution in [0.2, 0.25) is 0 Å². The second kappa shape index (κ2) is 7.89. The molecule has 2 atom stereocenters. The molecule has 0 spiro atoms. The number of ether oxygens (including phenoxy) is 1. The van der Waals surface area contributed by atoms with Crippen LogP contribution >= 0.6 is 0 Å². The maximum Gasteiger partial charge on any atom is 0.317 e. The van der Waals surface area contributed by atoms with Gasteiger partial charge in [-0.05, 0) is 20.8 Å². The van der Waals surface area contributed by atoms with Crippen LogP contribution < -0.4 is 5.32 Å². The molecule has 0 fully saturated rings. The molecule has 0 rings (SSSR count). The summed E-state index contributed by atoms with van der Waals surface area (Å²) in [4.78, 5) is 23.8. The van der Waals surface area contributed by atoms with Gasteiger partial charge in [0.15, 0.2) is 0 Å². The second-order valence-electron chi connectivity index (χ2n) is 3.98. The van der Waals surface area contributed by atoms with Crippen LogP contribution in [0.4, 0.5) is 4.79 Å². The Labute approximate surface area is 102 Å². The Morgan fingerprint density at radius 2 is 2.00 bits per heavy atom. The van der Waals surface area contributed by atoms with Gasteiger partial charge in [0, 0.05) is 26.2 Å². The monoisotopic (exact) mass is 246 g/mol. The van der Waals surface area contributed by atoms with Gasteiger partial charge >= 0.3 is 12.0 Å². The number of carbonyl (C=O) groups excluding carboxylic acids is 1. The fraction of sp³-hybridized carbons (Fsp3) is 0.818. The predicted molar refractivity (Wildman–Crippen MR) is 63.9 cm³/mol. The van der Waals surface area contributed by atoms with Crippen LogP contribution in [0, 0.1) is 5.92 Å². The highest BCUT2D eigenvalue weighted by molar-refractivity contribution is 5.76. The van der Waals surface area contributed by atoms with Crippen molar-refractivity contribution in [2.45, 2.75) is 26.8 Å². The van der Waals surface area contributed by atoms with Crippen LogP contribution in [0.3, 0.4) is 0 Å². The summed E-state index contributed by atoms with van der Waals surface area (Å²) in [6, 6.07) is -0.695. The number of rotatable bonds is 7. The third-order valence-corrected chi connectivity index (χ3v) is 2.61. The number of carboxylic acids is 1. The molecule has 0 radical (unpaired) electrons. The average molecular weight is 246 g/mol. The van der Waals surface area contributed by atoms with Gasteiger partial charge in [0.05, 0.1) is 12.5 Å². The lowest BCUT2D eigenvalue weighted by atomic mass is 10.0. The molecule has 0 aromatic carbocycles. The molecule has 0 heterocycles. The minimum Gasteiger partial charge on any atom is -0.481 e. The molecule has 0 saturated carbocycles. The predicted octanol–water partition coefficient (Wildman–Crippen LogP) is 0.773. The van der Waals surface area contributed by atoms with Crippen LogP contribution in [0.25, 0.3) is 0 Å². The Kier molecular flexibility index (Phi) is 7.29. The van der Waals surface area contributed by atoms with Crippen LogP contribution in [-0.2, 0) is 9.53 Å². The molecule has 0 aliphatic rings. The third-order valence-electron chi connectivity index (χ3n) is 2.61. The number of aliphatic carboxylic acids is 1. The first-order valence-corrected chi connectivity index (χ1v) is 5.72. The van der Waals surface area contributed by atoms with Crippen LogP contribution in [-0.4, -0.2) is 54.9 Å². The van der Waals surface area contributed by atoms with Gasteiger partial charge in [-0.2, -0.15) is 0 Å². The van der Waals surface area contributed by atoms with Gasteiger partial charge in [-0.1, -0.05) is 0 Å². The zero-order chi connectivity index (χ0) is 13.4. The first-order valence-electron chi connectivity index (χ1n) is 5.72. The number of carboxylic acid groups (broad SMARTS) is 1. The normalized spacial score (nSPS) is 13.9. The number of nitrogens with zero attached hydrogens (tertiary/aromatic N) is 1. The lowest BCUT2D eigenvalue weighted by Gasteiger charge is -2.23. The first kappa shape index (κ1) is 15.7. The molecule has 0 bridgehead atoms. The molecule has 6 nitrogen and oxygen atoms in total. The van der Waals surface area contributed by atoms with Crippen LogP contribution in [0.5, 0.6) is 0 Å². The Bertz CT molecular complexity index is 258. The molecule has 2 N–H and O–H groups in total. The van der Waals surface area contributed by atoms with E-state index in [2.05, 4.69) is 5.32 Å². The standard InChI is InChI=1S/C11H22N2O4/c1-5-17-7-6-13(4)11(16)12-9(3)8(2)10(14)15/h8-9H,5-7H2,1-4H3,(H,12,16)(H,14,15). The van der Waals surface area contributed by atoms with E-state index in [1.165, 1.54) is 4.90 Å². The summed E-state index contributed by atoms with van der Waals surface area (Å²) in [5.74, 6) is -1.53. The van der Waals surface area contributed by atoms with E-state index in [0.29, 0.717) is 19.8 Å². The summed E-state index contributed by atoms with van der Waals surface area (Å²) >= 11 is 0. The molecule has 0 aliphatic carbocycles. The second-order valence-corrected chi connectivity index (χ2v) is 3.98. The van der Waals surface area contributed by atoms with Crippen molar-refractivity contribution in [2.75, 3.05) is 26.8 Å². The maximum atomic E-state index is 11.6. The molecule has 0 aliphatic heterocycles. The van der Waals surface area contributed by atoms with Gasteiger partial charge in [0.25, 0.3) is 0 Å². The zero-order valence-corrected chi connectivity index (χ0v) is 10.9. The highest BCUT2D eigenvalue weighted by atomic mass is 16.5. The number of amides is 2. The van der Waals surface area contributed by atoms with Gasteiger partial charge < -0.3 is 20.1 Å². The largest absolute Gasteiger partial charge is 0.481 e. The summed E-state index contributed by atoms with van der Waals surface area (Å²) in [7, 11) is 1.65. The molecule has 2 amide bonds. The molecular weight excluding hydrogens is 224 g/mol. The number of carbonyl (C=O) groups is 2. The van der Waals surface area contributed by atoms with E-state index in [4.69, 9.17) is 9.84 Å². The third kappa shape index (κ3) is 6.11. The minimum absolute atomic E-state index is 0.287. The van der Waals surface area contributed by atoms with Crippen molar-refractivity contribution in [2.24, 2.45) is 5.92 Å². The number of urea groups is 1. The topological polar surface area (TPSA) is 78.9 Å². The van der Waals surface area contributed by atoms with Crippen molar-refractivity contribution in [3.8, 4) is 0 Å². The lowest BCUT2D eigenvalue weighted by Crippen LogP contribution is -2.46. The molecular formula is C11H22N2O4. The highest BCUT2D eigenvalue weighted by Crippen LogP contribution is 2.02. The summed E-state index contributed by atoms with van der Waals surface area (Å²) < 4.78 is 5.13. The van der Waals surface area contributed by atoms with Gasteiger partial charge in [-0.25, -0.2) is 4.79 Å². The summed E-state index contributed by atoms with van der Waals surface area (Å²) in [5, 5.41) is 11.4. The number of hydrogen-bond acceptors (Lipinski definition) is 3. The Hall–Kier alpha value is -1.30. The minimum atomic E-state index is -0.922. The maximum absolute atomic E-state index is 11.6. The van der Waals surface area contributed by atoms with Gasteiger partial charge in [0.2, 0.25) is 0 Å². The number of likely N-dealkylation sites (N-methyl/N-ethyl adjacent to an activating group) is 1. The Balaban J connectivity index is 4.02. The van der Waals surface area contributed by atoms with Crippen molar-refractivity contribution in [1.29, 1.82) is 0 Å². The molecule has 100 valence electrons. The number of hydrogen-bond donors (Lipinski definition) is 2. The van der Waals surface area contributed by atoms with Gasteiger partial charge in [0.1, 0.15) is 0 Å². The Morgan fingerprint density at radius 3 is 2.47 bits per heavy atom. The van der Waals surface area contributed by atoms with E-state index in [1.807, 2.05) is 6.92 Å².